The summed E-state index contributed by atoms with van der Waals surface area (Å²) >= 11 is 0. The molecular formula is C24H19FN2O3. The molecule has 5 aliphatic rings. The smallest absolute Gasteiger partial charge is 0.255 e. The van der Waals surface area contributed by atoms with Crippen LogP contribution in [0.3, 0.4) is 0 Å². The van der Waals surface area contributed by atoms with E-state index in [1.807, 2.05) is 0 Å². The van der Waals surface area contributed by atoms with Gasteiger partial charge in [0.15, 0.2) is 0 Å². The molecule has 1 saturated heterocycles. The van der Waals surface area contributed by atoms with Gasteiger partial charge in [0.1, 0.15) is 5.82 Å². The van der Waals surface area contributed by atoms with E-state index < -0.39 is 0 Å². The molecule has 6 heteroatoms. The van der Waals surface area contributed by atoms with Gasteiger partial charge in [0.2, 0.25) is 11.8 Å². The average molecular weight is 402 g/mol. The highest BCUT2D eigenvalue weighted by Crippen LogP contribution is 2.65. The predicted octanol–water partition coefficient (Wildman–Crippen LogP) is 3.64. The molecule has 5 nitrogen and oxygen atoms in total. The molecule has 0 aromatic heterocycles. The molecule has 3 amide bonds. The van der Waals surface area contributed by atoms with Crippen LogP contribution < -0.4 is 10.2 Å². The summed E-state index contributed by atoms with van der Waals surface area (Å²) in [7, 11) is 0. The van der Waals surface area contributed by atoms with Crippen LogP contribution in [-0.4, -0.2) is 17.7 Å². The fourth-order valence-corrected chi connectivity index (χ4v) is 5.71. The van der Waals surface area contributed by atoms with Gasteiger partial charge >= 0.3 is 0 Å². The number of anilines is 2. The van der Waals surface area contributed by atoms with Gasteiger partial charge in [-0.2, -0.15) is 0 Å². The van der Waals surface area contributed by atoms with E-state index in [-0.39, 0.29) is 47.2 Å². The number of nitrogens with zero attached hydrogens (tertiary/aromatic N) is 1. The van der Waals surface area contributed by atoms with Crippen LogP contribution in [0.2, 0.25) is 0 Å². The van der Waals surface area contributed by atoms with Crippen molar-refractivity contribution in [1.29, 1.82) is 0 Å². The Bertz CT molecular complexity index is 1070. The number of nitrogens with one attached hydrogen (secondary N) is 1. The van der Waals surface area contributed by atoms with Crippen LogP contribution in [0.25, 0.3) is 0 Å². The molecule has 6 atom stereocenters. The topological polar surface area (TPSA) is 66.5 Å². The second kappa shape index (κ2) is 6.11. The lowest BCUT2D eigenvalue weighted by Crippen LogP contribution is -2.40. The normalized spacial score (nSPS) is 32.8. The standard InChI is InChI=1S/C24H19FN2O3/c25-13-3-5-14(6-4-13)26-22(28)12-1-7-15(8-2-12)27-23(29)20-16-9-10-17(19-11-18(16)19)21(20)24(27)30/h1-10,16-21H,11H2,(H,26,28)/t16-,17-,18-,19+,20-,21+/m0/s1. The van der Waals surface area contributed by atoms with E-state index in [2.05, 4.69) is 17.5 Å². The molecule has 0 radical (unpaired) electrons. The lowest BCUT2D eigenvalue weighted by molar-refractivity contribution is -0.124. The first kappa shape index (κ1) is 17.6. The van der Waals surface area contributed by atoms with Gasteiger partial charge in [0.25, 0.3) is 5.91 Å². The van der Waals surface area contributed by atoms with Crippen molar-refractivity contribution >= 4 is 29.1 Å². The summed E-state index contributed by atoms with van der Waals surface area (Å²) in [5.74, 6) is 0.0826. The van der Waals surface area contributed by atoms with Crippen molar-refractivity contribution in [2.75, 3.05) is 10.2 Å². The van der Waals surface area contributed by atoms with Crippen molar-refractivity contribution in [3.05, 3.63) is 72.1 Å². The van der Waals surface area contributed by atoms with Crippen molar-refractivity contribution < 1.29 is 18.8 Å². The maximum Gasteiger partial charge on any atom is 0.255 e. The molecule has 2 aromatic carbocycles. The summed E-state index contributed by atoms with van der Waals surface area (Å²) < 4.78 is 13.0. The predicted molar refractivity (Wildman–Crippen MR) is 108 cm³/mol. The van der Waals surface area contributed by atoms with Crippen molar-refractivity contribution in [2.45, 2.75) is 6.42 Å². The molecular weight excluding hydrogens is 383 g/mol. The quantitative estimate of drug-likeness (QED) is 0.630. The van der Waals surface area contributed by atoms with Crippen molar-refractivity contribution in [2.24, 2.45) is 35.5 Å². The Morgan fingerprint density at radius 1 is 0.867 bits per heavy atom. The molecule has 0 unspecified atom stereocenters. The summed E-state index contributed by atoms with van der Waals surface area (Å²) in [5.41, 5.74) is 1.38. The first-order valence-corrected chi connectivity index (χ1v) is 10.3. The number of carbonyl (C=O) groups is 3. The van der Waals surface area contributed by atoms with Crippen molar-refractivity contribution in [3.63, 3.8) is 0 Å². The monoisotopic (exact) mass is 402 g/mol. The minimum Gasteiger partial charge on any atom is -0.322 e. The van der Waals surface area contributed by atoms with E-state index in [4.69, 9.17) is 0 Å². The number of halogens is 1. The zero-order valence-corrected chi connectivity index (χ0v) is 16.0. The average Bonchev–Trinajstić information content (AvgIpc) is 3.53. The Kier molecular flexibility index (Phi) is 3.58. The van der Waals surface area contributed by atoms with E-state index in [9.17, 15) is 18.8 Å². The van der Waals surface area contributed by atoms with Crippen LogP contribution in [0.4, 0.5) is 15.8 Å². The number of hydrogen-bond donors (Lipinski definition) is 1. The molecule has 2 saturated carbocycles. The number of allylic oxidation sites excluding steroid dienone is 2. The molecule has 4 aliphatic carbocycles. The van der Waals surface area contributed by atoms with Crippen molar-refractivity contribution in [1.82, 2.24) is 0 Å². The van der Waals surface area contributed by atoms with Crippen LogP contribution in [0.5, 0.6) is 0 Å². The Morgan fingerprint density at radius 2 is 1.43 bits per heavy atom. The number of amides is 3. The highest BCUT2D eigenvalue weighted by atomic mass is 19.1. The number of benzene rings is 2. The maximum atomic E-state index is 13.2. The fraction of sp³-hybridized carbons (Fsp3) is 0.292. The number of carbonyl (C=O) groups excluding carboxylic acids is 3. The Hall–Kier alpha value is -3.28. The number of imide groups is 1. The molecule has 30 heavy (non-hydrogen) atoms. The summed E-state index contributed by atoms with van der Waals surface area (Å²) in [4.78, 5) is 40.1. The third-order valence-electron chi connectivity index (χ3n) is 7.15. The fourth-order valence-electron chi connectivity index (χ4n) is 5.71. The second-order valence-corrected chi connectivity index (χ2v) is 8.67. The summed E-state index contributed by atoms with van der Waals surface area (Å²) in [6.07, 6.45) is 5.43. The lowest BCUT2D eigenvalue weighted by Gasteiger charge is -2.37. The number of hydrogen-bond acceptors (Lipinski definition) is 3. The molecule has 0 spiro atoms. The van der Waals surface area contributed by atoms with Gasteiger partial charge < -0.3 is 5.32 Å². The third kappa shape index (κ3) is 2.43. The van der Waals surface area contributed by atoms with Gasteiger partial charge in [0.05, 0.1) is 17.5 Å². The van der Waals surface area contributed by atoms with Crippen LogP contribution in [0, 0.1) is 41.3 Å². The van der Waals surface area contributed by atoms with E-state index in [1.54, 1.807) is 24.3 Å². The van der Waals surface area contributed by atoms with Crippen molar-refractivity contribution in [3.8, 4) is 0 Å². The molecule has 2 aromatic rings. The molecule has 7 rings (SSSR count). The van der Waals surface area contributed by atoms with Gasteiger partial charge in [-0.05, 0) is 78.6 Å². The van der Waals surface area contributed by atoms with Crippen LogP contribution in [-0.2, 0) is 9.59 Å². The first-order chi connectivity index (χ1) is 14.5. The van der Waals surface area contributed by atoms with Gasteiger partial charge in [-0.1, -0.05) is 12.2 Å². The Balaban J connectivity index is 1.23. The molecule has 3 fully saturated rings. The van der Waals surface area contributed by atoms with Gasteiger partial charge in [-0.3, -0.25) is 19.3 Å². The zero-order valence-electron chi connectivity index (χ0n) is 16.0. The first-order valence-electron chi connectivity index (χ1n) is 10.3. The van der Waals surface area contributed by atoms with Gasteiger partial charge in [-0.15, -0.1) is 0 Å². The van der Waals surface area contributed by atoms with Crippen LogP contribution in [0.15, 0.2) is 60.7 Å². The van der Waals surface area contributed by atoms with E-state index in [1.165, 1.54) is 29.2 Å². The second-order valence-electron chi connectivity index (χ2n) is 8.67. The summed E-state index contributed by atoms with van der Waals surface area (Å²) in [5, 5.41) is 2.70. The zero-order chi connectivity index (χ0) is 20.6. The number of rotatable bonds is 3. The minimum atomic E-state index is -0.376. The molecule has 1 aliphatic heterocycles. The van der Waals surface area contributed by atoms with E-state index in [0.29, 0.717) is 28.8 Å². The molecule has 2 bridgehead atoms. The van der Waals surface area contributed by atoms with Gasteiger partial charge in [0, 0.05) is 11.3 Å². The third-order valence-corrected chi connectivity index (χ3v) is 7.15. The largest absolute Gasteiger partial charge is 0.322 e. The SMILES string of the molecule is O=C(Nc1ccc(F)cc1)c1ccc(N2C(=O)[C@@H]3[C@H]4C=C[C@@H]([C@@H]5C[C@H]45)[C@@H]3C2=O)cc1. The van der Waals surface area contributed by atoms with Gasteiger partial charge in [-0.25, -0.2) is 4.39 Å². The molecule has 1 N–H and O–H groups in total. The Morgan fingerprint density at radius 3 is 2.00 bits per heavy atom. The maximum absolute atomic E-state index is 13.2. The molecule has 150 valence electrons. The lowest BCUT2D eigenvalue weighted by atomic mass is 9.63. The highest BCUT2D eigenvalue weighted by molar-refractivity contribution is 6.22. The van der Waals surface area contributed by atoms with Crippen LogP contribution in [0.1, 0.15) is 16.8 Å². The summed E-state index contributed by atoms with van der Waals surface area (Å²) in [6, 6.07) is 12.0. The van der Waals surface area contributed by atoms with E-state index >= 15 is 0 Å². The Labute approximate surface area is 172 Å². The molecule has 1 heterocycles. The van der Waals surface area contributed by atoms with Crippen LogP contribution >= 0.6 is 0 Å². The summed E-state index contributed by atoms with van der Waals surface area (Å²) in [6.45, 7) is 0. The highest BCUT2D eigenvalue weighted by Gasteiger charge is 2.67. The minimum absolute atomic E-state index is 0.113. The van der Waals surface area contributed by atoms with E-state index in [0.717, 1.165) is 6.42 Å².